The summed E-state index contributed by atoms with van der Waals surface area (Å²) in [5.74, 6) is 1.61. The van der Waals surface area contributed by atoms with E-state index in [2.05, 4.69) is 30.9 Å². The van der Waals surface area contributed by atoms with Crippen LogP contribution in [0.4, 0.5) is 0 Å². The summed E-state index contributed by atoms with van der Waals surface area (Å²) in [5.41, 5.74) is 26.8. The number of nitrogens with zero attached hydrogens (tertiary/aromatic N) is 7. The number of ether oxygens (including phenoxy) is 4. The van der Waals surface area contributed by atoms with Crippen LogP contribution in [0, 0.1) is 0 Å². The lowest BCUT2D eigenvalue weighted by atomic mass is 9.80. The summed E-state index contributed by atoms with van der Waals surface area (Å²) < 4.78 is 23.3. The van der Waals surface area contributed by atoms with Crippen LogP contribution in [-0.2, 0) is 35.6 Å². The summed E-state index contributed by atoms with van der Waals surface area (Å²) in [5, 5.41) is 16.7. The minimum Gasteiger partial charge on any atom is -0.494 e. The zero-order chi connectivity index (χ0) is 35.5. The summed E-state index contributed by atoms with van der Waals surface area (Å²) in [7, 11) is 0. The van der Waals surface area contributed by atoms with Crippen molar-refractivity contribution in [3.63, 3.8) is 0 Å². The highest BCUT2D eigenvalue weighted by molar-refractivity contribution is 6.01. The summed E-state index contributed by atoms with van der Waals surface area (Å²) >= 11 is 0. The number of aliphatic imine (C=N–C) groups is 1. The van der Waals surface area contributed by atoms with E-state index in [1.807, 2.05) is 66.7 Å². The average molecular weight is 690 g/mol. The van der Waals surface area contributed by atoms with Gasteiger partial charge in [-0.05, 0) is 75.3 Å². The Morgan fingerprint density at radius 1 is 0.922 bits per heavy atom. The van der Waals surface area contributed by atoms with Crippen LogP contribution in [0.1, 0.15) is 45.9 Å². The minimum atomic E-state index is -1.60. The van der Waals surface area contributed by atoms with E-state index in [1.54, 1.807) is 24.3 Å². The fraction of sp³-hybridized carbons (Fsp3) is 0.278. The lowest BCUT2D eigenvalue weighted by Gasteiger charge is -2.32. The smallest absolute Gasteiger partial charge is 0.266 e. The molecule has 6 rings (SSSR count). The molecule has 2 heterocycles. The number of hydrazine groups is 1. The van der Waals surface area contributed by atoms with E-state index < -0.39 is 17.6 Å². The fourth-order valence-electron chi connectivity index (χ4n) is 5.97. The first-order valence-corrected chi connectivity index (χ1v) is 16.2. The van der Waals surface area contributed by atoms with Gasteiger partial charge >= 0.3 is 0 Å². The molecule has 260 valence electrons. The Bertz CT molecular complexity index is 1990. The van der Waals surface area contributed by atoms with Gasteiger partial charge in [-0.25, -0.2) is 10.4 Å². The summed E-state index contributed by atoms with van der Waals surface area (Å²) in [6, 6.07) is 27.3. The third kappa shape index (κ3) is 7.99. The number of aliphatic hydroxyl groups excluding tert-OH is 1. The van der Waals surface area contributed by atoms with Crippen molar-refractivity contribution in [3.8, 4) is 17.2 Å². The zero-order valence-corrected chi connectivity index (χ0v) is 27.5. The maximum absolute atomic E-state index is 14.8. The predicted molar refractivity (Wildman–Crippen MR) is 187 cm³/mol. The Labute approximate surface area is 293 Å². The molecule has 0 unspecified atom stereocenters. The van der Waals surface area contributed by atoms with Gasteiger partial charge in [0.15, 0.2) is 23.1 Å². The lowest BCUT2D eigenvalue weighted by molar-refractivity contribution is -0.130. The van der Waals surface area contributed by atoms with Crippen LogP contribution < -0.4 is 25.1 Å². The molecule has 15 nitrogen and oxygen atoms in total. The highest BCUT2D eigenvalue weighted by atomic mass is 16.7. The number of hydrogen-bond donors (Lipinski definition) is 3. The molecule has 3 N–H and O–H groups in total. The van der Waals surface area contributed by atoms with Crippen LogP contribution in [0.15, 0.2) is 106 Å². The summed E-state index contributed by atoms with van der Waals surface area (Å²) in [4.78, 5) is 25.7. The largest absolute Gasteiger partial charge is 0.494 e. The molecule has 0 aromatic heterocycles. The van der Waals surface area contributed by atoms with Crippen LogP contribution in [-0.4, -0.2) is 42.5 Å². The van der Waals surface area contributed by atoms with Gasteiger partial charge in [0.25, 0.3) is 5.91 Å². The van der Waals surface area contributed by atoms with Crippen molar-refractivity contribution in [1.82, 2.24) is 10.9 Å². The number of aliphatic hydroxyl groups is 1. The Hall–Kier alpha value is -6.24. The molecule has 15 heteroatoms. The van der Waals surface area contributed by atoms with Crippen LogP contribution in [0.3, 0.4) is 0 Å². The Morgan fingerprint density at radius 2 is 1.63 bits per heavy atom. The van der Waals surface area contributed by atoms with E-state index in [0.717, 1.165) is 16.7 Å². The lowest BCUT2D eigenvalue weighted by Crippen LogP contribution is -2.54. The van der Waals surface area contributed by atoms with E-state index in [9.17, 15) is 4.79 Å². The van der Waals surface area contributed by atoms with Gasteiger partial charge in [-0.2, -0.15) is 0 Å². The van der Waals surface area contributed by atoms with Crippen molar-refractivity contribution in [1.29, 1.82) is 0 Å². The van der Waals surface area contributed by atoms with Crippen molar-refractivity contribution >= 4 is 11.8 Å². The molecule has 2 atom stereocenters. The first-order valence-electron chi connectivity index (χ1n) is 16.2. The van der Waals surface area contributed by atoms with E-state index in [4.69, 9.17) is 40.1 Å². The van der Waals surface area contributed by atoms with Gasteiger partial charge < -0.3 is 24.1 Å². The van der Waals surface area contributed by atoms with Gasteiger partial charge in [-0.15, -0.1) is 0 Å². The van der Waals surface area contributed by atoms with Crippen LogP contribution in [0.5, 0.6) is 17.2 Å². The maximum Gasteiger partial charge on any atom is 0.266 e. The highest BCUT2D eigenvalue weighted by Gasteiger charge is 2.54. The Balaban J connectivity index is 1.41. The minimum absolute atomic E-state index is 0.0208. The Kier molecular flexibility index (Phi) is 11.2. The quantitative estimate of drug-likeness (QED) is 0.0412. The highest BCUT2D eigenvalue weighted by Crippen LogP contribution is 2.44. The van der Waals surface area contributed by atoms with Crippen LogP contribution in [0.25, 0.3) is 20.9 Å². The number of carbonyl (C=O) groups excluding carboxylic acids is 1. The molecule has 0 saturated carbocycles. The Morgan fingerprint density at radius 3 is 2.39 bits per heavy atom. The molecular formula is C36H35N9O6. The molecule has 4 aromatic carbocycles. The monoisotopic (exact) mass is 689 g/mol. The molecule has 0 saturated heterocycles. The van der Waals surface area contributed by atoms with E-state index >= 15 is 0 Å². The maximum atomic E-state index is 14.8. The van der Waals surface area contributed by atoms with Crippen molar-refractivity contribution in [2.24, 2.45) is 15.2 Å². The predicted octanol–water partition coefficient (Wildman–Crippen LogP) is 6.12. The molecule has 1 amide bonds. The number of carbonyl (C=O) groups is 1. The standard InChI is InChI=1S/C36H35N9O6/c37-44-40-21-27-7-2-1-6-26(27)19-36(35(47)43-39-20-24-10-15-31-32(18-24)50-23-49-31)33(30-9-4-3-8-28(30)22-41-45-38)51-34(42-36)25-11-13-29(14-12-25)48-17-5-16-46/h1-4,6-15,18,33,39,46H,5,16-17,19-23H2,(H,43,47)/t33-,36-/m0/s1. The molecule has 0 bridgehead atoms. The topological polar surface area (TPSA) is 208 Å². The second-order valence-corrected chi connectivity index (χ2v) is 11.7. The number of rotatable bonds is 16. The third-order valence-corrected chi connectivity index (χ3v) is 8.49. The molecular weight excluding hydrogens is 654 g/mol. The average Bonchev–Trinajstić information content (AvgIpc) is 3.79. The molecule has 0 radical (unpaired) electrons. The number of fused-ring (bicyclic) bond motifs is 1. The molecule has 51 heavy (non-hydrogen) atoms. The first kappa shape index (κ1) is 34.6. The van der Waals surface area contributed by atoms with Crippen molar-refractivity contribution in [2.45, 2.75) is 44.1 Å². The van der Waals surface area contributed by atoms with Gasteiger partial charge in [-0.3, -0.25) is 10.2 Å². The van der Waals surface area contributed by atoms with Gasteiger partial charge in [0.1, 0.15) is 5.75 Å². The first-order chi connectivity index (χ1) is 25.0. The fourth-order valence-corrected chi connectivity index (χ4v) is 5.97. The van der Waals surface area contributed by atoms with Gasteiger partial charge in [0.05, 0.1) is 19.7 Å². The van der Waals surface area contributed by atoms with Crippen LogP contribution in [0.2, 0.25) is 0 Å². The SMILES string of the molecule is [N-]=[N+]=NCc1ccccc1C[C@]1(C(=O)NNCc2ccc3c(c2)OCO3)N=C(c2ccc(OCCCO)cc2)O[C@H]1c1ccccc1CN=[N+]=[N-]. The van der Waals surface area contributed by atoms with Crippen molar-refractivity contribution in [3.05, 3.63) is 145 Å². The van der Waals surface area contributed by atoms with Gasteiger partial charge in [0.2, 0.25) is 12.7 Å². The molecule has 0 spiro atoms. The summed E-state index contributed by atoms with van der Waals surface area (Å²) in [6.45, 7) is 0.881. The number of hydrogen-bond acceptors (Lipinski definition) is 10. The molecule has 0 fully saturated rings. The number of nitrogens with one attached hydrogen (secondary N) is 2. The second kappa shape index (κ2) is 16.4. The van der Waals surface area contributed by atoms with E-state index in [1.165, 1.54) is 0 Å². The van der Waals surface area contributed by atoms with Gasteiger partial charge in [-0.1, -0.05) is 64.8 Å². The number of azide groups is 2. The van der Waals surface area contributed by atoms with Crippen molar-refractivity contribution in [2.75, 3.05) is 20.0 Å². The number of benzene rings is 4. The molecule has 2 aliphatic rings. The molecule has 0 aliphatic carbocycles. The van der Waals surface area contributed by atoms with Gasteiger partial charge in [0, 0.05) is 41.4 Å². The number of amides is 1. The van der Waals surface area contributed by atoms with E-state index in [0.29, 0.717) is 47.0 Å². The summed E-state index contributed by atoms with van der Waals surface area (Å²) in [6.07, 6.45) is -0.415. The van der Waals surface area contributed by atoms with Crippen molar-refractivity contribution < 1.29 is 28.8 Å². The third-order valence-electron chi connectivity index (χ3n) is 8.49. The zero-order valence-electron chi connectivity index (χ0n) is 27.5. The normalized spacial score (nSPS) is 17.0. The molecule has 4 aromatic rings. The van der Waals surface area contributed by atoms with Crippen LogP contribution >= 0.6 is 0 Å². The van der Waals surface area contributed by atoms with E-state index in [-0.39, 0.29) is 45.4 Å². The molecule has 2 aliphatic heterocycles. The second-order valence-electron chi connectivity index (χ2n) is 11.7.